The van der Waals surface area contributed by atoms with Gasteiger partial charge in [0.2, 0.25) is 0 Å². The lowest BCUT2D eigenvalue weighted by Crippen LogP contribution is -2.19. The van der Waals surface area contributed by atoms with Crippen LogP contribution in [0.15, 0.2) is 12.7 Å². The van der Waals surface area contributed by atoms with Crippen LogP contribution in [-0.4, -0.2) is 25.6 Å². The summed E-state index contributed by atoms with van der Waals surface area (Å²) < 4.78 is 25.4. The van der Waals surface area contributed by atoms with Gasteiger partial charge in [-0.05, 0) is 6.92 Å². The van der Waals surface area contributed by atoms with Gasteiger partial charge in [0.25, 0.3) is 10.1 Å². The Morgan fingerprint density at radius 2 is 2.30 bits per heavy atom. The van der Waals surface area contributed by atoms with E-state index in [0.29, 0.717) is 0 Å². The van der Waals surface area contributed by atoms with Crippen LogP contribution < -0.4 is 0 Å². The largest absolute Gasteiger partial charge is 0.375 e. The van der Waals surface area contributed by atoms with E-state index in [4.69, 9.17) is 5.11 Å². The fraction of sp³-hybridized carbons (Fsp3) is 0.600. The molecule has 0 aromatic heterocycles. The standard InChI is InChI=1S/C5H10O4S/c1-3-4-9-10(7,8)5(2)6/h3,5-6H,1,4H2,2H3. The number of hydrogen-bond acceptors (Lipinski definition) is 4. The topological polar surface area (TPSA) is 63.6 Å². The maximum Gasteiger partial charge on any atom is 0.294 e. The van der Waals surface area contributed by atoms with E-state index in [2.05, 4.69) is 10.8 Å². The second kappa shape index (κ2) is 3.70. The fourth-order valence-corrected chi connectivity index (χ4v) is 0.724. The first-order chi connectivity index (χ1) is 4.50. The zero-order chi connectivity index (χ0) is 8.20. The van der Waals surface area contributed by atoms with Crippen LogP contribution in [0.2, 0.25) is 0 Å². The second-order valence-corrected chi connectivity index (χ2v) is 3.57. The van der Waals surface area contributed by atoms with Crippen molar-refractivity contribution in [2.45, 2.75) is 12.4 Å². The third-order valence-electron chi connectivity index (χ3n) is 0.768. The molecule has 0 rings (SSSR count). The van der Waals surface area contributed by atoms with Crippen molar-refractivity contribution in [3.63, 3.8) is 0 Å². The molecular formula is C5H10O4S. The van der Waals surface area contributed by atoms with Crippen LogP contribution in [0.5, 0.6) is 0 Å². The Morgan fingerprint density at radius 1 is 1.80 bits per heavy atom. The van der Waals surface area contributed by atoms with E-state index in [1.807, 2.05) is 0 Å². The molecule has 1 atom stereocenters. The molecule has 0 aromatic rings. The van der Waals surface area contributed by atoms with Crippen molar-refractivity contribution < 1.29 is 17.7 Å². The van der Waals surface area contributed by atoms with E-state index in [-0.39, 0.29) is 6.61 Å². The Balaban J connectivity index is 4.02. The molecule has 1 unspecified atom stereocenters. The van der Waals surface area contributed by atoms with E-state index >= 15 is 0 Å². The van der Waals surface area contributed by atoms with Crippen LogP contribution in [0.4, 0.5) is 0 Å². The molecular weight excluding hydrogens is 156 g/mol. The molecule has 0 heterocycles. The molecule has 60 valence electrons. The molecule has 0 aliphatic carbocycles. The van der Waals surface area contributed by atoms with Gasteiger partial charge in [-0.1, -0.05) is 6.08 Å². The predicted molar refractivity (Wildman–Crippen MR) is 36.7 cm³/mol. The first-order valence-corrected chi connectivity index (χ1v) is 4.15. The van der Waals surface area contributed by atoms with Gasteiger partial charge in [0.1, 0.15) is 0 Å². The lowest BCUT2D eigenvalue weighted by atomic mass is 10.7. The fourth-order valence-electron chi connectivity index (χ4n) is 0.241. The monoisotopic (exact) mass is 166 g/mol. The molecule has 0 radical (unpaired) electrons. The predicted octanol–water partition coefficient (Wildman–Crippen LogP) is -0.143. The quantitative estimate of drug-likeness (QED) is 0.466. The number of aliphatic hydroxyl groups excluding tert-OH is 1. The zero-order valence-corrected chi connectivity index (χ0v) is 6.47. The van der Waals surface area contributed by atoms with Crippen LogP contribution in [0.3, 0.4) is 0 Å². The Bertz CT molecular complexity index is 192. The van der Waals surface area contributed by atoms with Crippen molar-refractivity contribution in [3.05, 3.63) is 12.7 Å². The number of aliphatic hydroxyl groups is 1. The summed E-state index contributed by atoms with van der Waals surface area (Å²) >= 11 is 0. The summed E-state index contributed by atoms with van der Waals surface area (Å²) in [4.78, 5) is 0. The first kappa shape index (κ1) is 9.61. The average Bonchev–Trinajstić information content (AvgIpc) is 1.84. The van der Waals surface area contributed by atoms with Gasteiger partial charge in [0.15, 0.2) is 5.44 Å². The van der Waals surface area contributed by atoms with Crippen molar-refractivity contribution in [1.29, 1.82) is 0 Å². The lowest BCUT2D eigenvalue weighted by Gasteiger charge is -2.04. The van der Waals surface area contributed by atoms with Gasteiger partial charge < -0.3 is 5.11 Å². The minimum atomic E-state index is -3.78. The normalized spacial score (nSPS) is 14.6. The summed E-state index contributed by atoms with van der Waals surface area (Å²) in [6.45, 7) is 4.27. The Kier molecular flexibility index (Phi) is 3.55. The van der Waals surface area contributed by atoms with Crippen LogP contribution in [-0.2, 0) is 14.3 Å². The van der Waals surface area contributed by atoms with Crippen molar-refractivity contribution >= 4 is 10.1 Å². The van der Waals surface area contributed by atoms with Crippen molar-refractivity contribution in [2.75, 3.05) is 6.61 Å². The summed E-state index contributed by atoms with van der Waals surface area (Å²) in [6.07, 6.45) is 1.29. The van der Waals surface area contributed by atoms with Crippen LogP contribution in [0.1, 0.15) is 6.92 Å². The second-order valence-electron chi connectivity index (χ2n) is 1.67. The van der Waals surface area contributed by atoms with Gasteiger partial charge in [0, 0.05) is 0 Å². The van der Waals surface area contributed by atoms with Crippen molar-refractivity contribution in [3.8, 4) is 0 Å². The van der Waals surface area contributed by atoms with Crippen molar-refractivity contribution in [2.24, 2.45) is 0 Å². The molecule has 0 aliphatic rings. The van der Waals surface area contributed by atoms with Crippen molar-refractivity contribution in [1.82, 2.24) is 0 Å². The van der Waals surface area contributed by atoms with Gasteiger partial charge in [0.05, 0.1) is 6.61 Å². The van der Waals surface area contributed by atoms with Crippen LogP contribution >= 0.6 is 0 Å². The van der Waals surface area contributed by atoms with E-state index in [1.165, 1.54) is 6.08 Å². The maximum absolute atomic E-state index is 10.6. The molecule has 0 aromatic carbocycles. The molecule has 0 aliphatic heterocycles. The van der Waals surface area contributed by atoms with Crippen LogP contribution in [0.25, 0.3) is 0 Å². The highest BCUT2D eigenvalue weighted by Crippen LogP contribution is 1.98. The van der Waals surface area contributed by atoms with Gasteiger partial charge in [-0.2, -0.15) is 8.42 Å². The maximum atomic E-state index is 10.6. The van der Waals surface area contributed by atoms with Crippen LogP contribution in [0, 0.1) is 0 Å². The molecule has 0 saturated carbocycles. The summed E-state index contributed by atoms with van der Waals surface area (Å²) in [7, 11) is -3.78. The molecule has 0 saturated heterocycles. The summed E-state index contributed by atoms with van der Waals surface area (Å²) in [5.41, 5.74) is -1.48. The smallest absolute Gasteiger partial charge is 0.294 e. The van der Waals surface area contributed by atoms with Gasteiger partial charge in [-0.25, -0.2) is 0 Å². The van der Waals surface area contributed by atoms with E-state index in [0.717, 1.165) is 6.92 Å². The molecule has 4 nitrogen and oxygen atoms in total. The minimum absolute atomic E-state index is 0.104. The highest BCUT2D eigenvalue weighted by atomic mass is 32.2. The highest BCUT2D eigenvalue weighted by Gasteiger charge is 2.16. The minimum Gasteiger partial charge on any atom is -0.375 e. The molecule has 5 heteroatoms. The van der Waals surface area contributed by atoms with E-state index < -0.39 is 15.6 Å². The molecule has 1 N–H and O–H groups in total. The number of hydrogen-bond donors (Lipinski definition) is 1. The molecule has 0 bridgehead atoms. The highest BCUT2D eigenvalue weighted by molar-refractivity contribution is 7.87. The average molecular weight is 166 g/mol. The summed E-state index contributed by atoms with van der Waals surface area (Å²) in [5.74, 6) is 0. The lowest BCUT2D eigenvalue weighted by molar-refractivity contribution is 0.234. The van der Waals surface area contributed by atoms with Gasteiger partial charge >= 0.3 is 0 Å². The Morgan fingerprint density at radius 3 is 2.60 bits per heavy atom. The van der Waals surface area contributed by atoms with Gasteiger partial charge in [-0.3, -0.25) is 4.18 Å². The molecule has 0 fully saturated rings. The third kappa shape index (κ3) is 2.95. The zero-order valence-electron chi connectivity index (χ0n) is 5.65. The third-order valence-corrected chi connectivity index (χ3v) is 2.07. The molecule has 10 heavy (non-hydrogen) atoms. The van der Waals surface area contributed by atoms with E-state index in [1.54, 1.807) is 0 Å². The Labute approximate surface area is 60.3 Å². The first-order valence-electron chi connectivity index (χ1n) is 2.68. The molecule has 0 amide bonds. The van der Waals surface area contributed by atoms with Gasteiger partial charge in [-0.15, -0.1) is 6.58 Å². The molecule has 0 spiro atoms. The SMILES string of the molecule is C=CCOS(=O)(=O)C(C)O. The van der Waals surface area contributed by atoms with E-state index in [9.17, 15) is 8.42 Å². The summed E-state index contributed by atoms with van der Waals surface area (Å²) in [6, 6.07) is 0. The number of rotatable bonds is 4. The Hall–Kier alpha value is -0.390. The summed E-state index contributed by atoms with van der Waals surface area (Å²) in [5, 5.41) is 8.56.